The Morgan fingerprint density at radius 2 is 1.09 bits per heavy atom. The van der Waals surface area contributed by atoms with Crippen LogP contribution in [0.15, 0.2) is 24.3 Å². The van der Waals surface area contributed by atoms with E-state index in [1.165, 1.54) is 141 Å². The molecular weight excluding hydrogens is 670 g/mol. The lowest BCUT2D eigenvalue weighted by Crippen LogP contribution is -2.60. The highest BCUT2D eigenvalue weighted by Crippen LogP contribution is 2.22. The van der Waals surface area contributed by atoms with Crippen molar-refractivity contribution in [1.82, 2.24) is 5.32 Å². The zero-order valence-corrected chi connectivity index (χ0v) is 34.0. The Morgan fingerprint density at radius 1 is 0.623 bits per heavy atom. The summed E-state index contributed by atoms with van der Waals surface area (Å²) < 4.78 is 11.0. The maximum absolute atomic E-state index is 12.7. The maximum Gasteiger partial charge on any atom is 0.220 e. The van der Waals surface area contributed by atoms with Crippen LogP contribution in [0.25, 0.3) is 0 Å². The zero-order valence-electron chi connectivity index (χ0n) is 34.0. The lowest BCUT2D eigenvalue weighted by molar-refractivity contribution is -0.302. The predicted octanol–water partition coefficient (Wildman–Crippen LogP) is 8.72. The summed E-state index contributed by atoms with van der Waals surface area (Å²) in [5.41, 5.74) is 0. The molecule has 6 N–H and O–H groups in total. The van der Waals surface area contributed by atoms with E-state index in [0.29, 0.717) is 6.42 Å². The van der Waals surface area contributed by atoms with Crippen molar-refractivity contribution in [3.63, 3.8) is 0 Å². The molecule has 0 bridgehead atoms. The van der Waals surface area contributed by atoms with Gasteiger partial charge in [0.1, 0.15) is 24.4 Å². The fourth-order valence-electron chi connectivity index (χ4n) is 6.92. The summed E-state index contributed by atoms with van der Waals surface area (Å²) in [5.74, 6) is -0.188. The van der Waals surface area contributed by atoms with E-state index in [0.717, 1.165) is 32.1 Å². The molecule has 9 heteroatoms. The topological polar surface area (TPSA) is 149 Å². The summed E-state index contributed by atoms with van der Waals surface area (Å²) in [6, 6.07) is -0.797. The van der Waals surface area contributed by atoms with Crippen LogP contribution in [0.3, 0.4) is 0 Å². The number of rotatable bonds is 36. The van der Waals surface area contributed by atoms with Crippen molar-refractivity contribution in [3.05, 3.63) is 24.3 Å². The molecule has 0 aromatic heterocycles. The van der Waals surface area contributed by atoms with Gasteiger partial charge >= 0.3 is 0 Å². The third-order valence-corrected chi connectivity index (χ3v) is 10.5. The van der Waals surface area contributed by atoms with Crippen LogP contribution in [0, 0.1) is 0 Å². The molecule has 1 aliphatic rings. The number of carbonyl (C=O) groups excluding carboxylic acids is 1. The van der Waals surface area contributed by atoms with Crippen molar-refractivity contribution in [1.29, 1.82) is 0 Å². The standard InChI is InChI=1S/C44H83NO8/c1-3-5-7-8-9-10-11-12-13-14-15-16-17-18-19-20-21-22-23-24-25-26-27-28-29-30-32-34-40(48)45-37(38(47)33-31-6-4-2)36-52-44-43(51)42(50)41(49)39(35-46)53-44/h14-15,31,33,37-39,41-44,46-47,49-51H,3-13,16-30,32,34-36H2,1-2H3,(H,45,48)/b15-14-,33-31+. The molecule has 0 radical (unpaired) electrons. The summed E-state index contributed by atoms with van der Waals surface area (Å²) >= 11 is 0. The van der Waals surface area contributed by atoms with Gasteiger partial charge in [-0.05, 0) is 38.5 Å². The molecule has 1 aliphatic heterocycles. The lowest BCUT2D eigenvalue weighted by Gasteiger charge is -2.40. The Bertz CT molecular complexity index is 883. The number of hydrogen-bond acceptors (Lipinski definition) is 8. The summed E-state index contributed by atoms with van der Waals surface area (Å²) in [6.07, 6.45) is 34.8. The lowest BCUT2D eigenvalue weighted by atomic mass is 9.99. The highest BCUT2D eigenvalue weighted by molar-refractivity contribution is 5.76. The van der Waals surface area contributed by atoms with E-state index in [2.05, 4.69) is 24.4 Å². The number of amides is 1. The van der Waals surface area contributed by atoms with Gasteiger partial charge in [0.2, 0.25) is 5.91 Å². The number of aliphatic hydroxyl groups is 5. The van der Waals surface area contributed by atoms with Crippen molar-refractivity contribution in [2.24, 2.45) is 0 Å². The third-order valence-electron chi connectivity index (χ3n) is 10.5. The van der Waals surface area contributed by atoms with Gasteiger partial charge in [-0.25, -0.2) is 0 Å². The number of hydrogen-bond donors (Lipinski definition) is 6. The maximum atomic E-state index is 12.7. The highest BCUT2D eigenvalue weighted by atomic mass is 16.7. The first-order valence-electron chi connectivity index (χ1n) is 22.1. The molecule has 9 nitrogen and oxygen atoms in total. The number of ether oxygens (including phenoxy) is 2. The molecule has 1 heterocycles. The molecule has 1 saturated heterocycles. The first-order chi connectivity index (χ1) is 25.8. The Hall–Kier alpha value is -1.33. The Kier molecular flexibility index (Phi) is 32.9. The number of aliphatic hydroxyl groups excluding tert-OH is 5. The molecule has 1 amide bonds. The highest BCUT2D eigenvalue weighted by Gasteiger charge is 2.44. The Labute approximate surface area is 324 Å². The molecule has 0 saturated carbocycles. The van der Waals surface area contributed by atoms with Crippen LogP contribution in [0.5, 0.6) is 0 Å². The molecule has 1 rings (SSSR count). The largest absolute Gasteiger partial charge is 0.394 e. The summed E-state index contributed by atoms with van der Waals surface area (Å²) in [7, 11) is 0. The average molecular weight is 754 g/mol. The SMILES string of the molecule is CCC/C=C/C(O)C(COC1OC(CO)C(O)C(O)C1O)NC(=O)CCCCCCCCCCCCCCCCC/C=C\CCCCCCCCCC. The molecule has 0 aromatic carbocycles. The van der Waals surface area contributed by atoms with Crippen LogP contribution in [-0.2, 0) is 14.3 Å². The summed E-state index contributed by atoms with van der Waals surface area (Å²) in [4.78, 5) is 12.7. The second kappa shape index (κ2) is 35.1. The first-order valence-corrected chi connectivity index (χ1v) is 22.1. The normalized spacial score (nSPS) is 21.8. The van der Waals surface area contributed by atoms with E-state index in [9.17, 15) is 30.3 Å². The first kappa shape index (κ1) is 49.7. The number of unbranched alkanes of at least 4 members (excludes halogenated alkanes) is 24. The smallest absolute Gasteiger partial charge is 0.220 e. The Morgan fingerprint density at radius 3 is 1.57 bits per heavy atom. The third kappa shape index (κ3) is 26.2. The molecular formula is C44H83NO8. The molecule has 1 fully saturated rings. The van der Waals surface area contributed by atoms with Crippen LogP contribution in [0.4, 0.5) is 0 Å². The van der Waals surface area contributed by atoms with E-state index in [1.54, 1.807) is 6.08 Å². The van der Waals surface area contributed by atoms with Gasteiger partial charge in [0.05, 0.1) is 25.4 Å². The van der Waals surface area contributed by atoms with Gasteiger partial charge in [-0.3, -0.25) is 4.79 Å². The second-order valence-electron chi connectivity index (χ2n) is 15.5. The van der Waals surface area contributed by atoms with Crippen molar-refractivity contribution < 1.29 is 39.8 Å². The van der Waals surface area contributed by atoms with Gasteiger partial charge < -0.3 is 40.3 Å². The molecule has 7 unspecified atom stereocenters. The quantitative estimate of drug-likeness (QED) is 0.0275. The van der Waals surface area contributed by atoms with Crippen LogP contribution < -0.4 is 5.32 Å². The minimum absolute atomic E-state index is 0.188. The molecule has 53 heavy (non-hydrogen) atoms. The van der Waals surface area contributed by atoms with E-state index < -0.39 is 49.5 Å². The molecule has 312 valence electrons. The van der Waals surface area contributed by atoms with Gasteiger partial charge in [-0.15, -0.1) is 0 Å². The van der Waals surface area contributed by atoms with Gasteiger partial charge in [0, 0.05) is 6.42 Å². The average Bonchev–Trinajstić information content (AvgIpc) is 3.15. The fourth-order valence-corrected chi connectivity index (χ4v) is 6.92. The van der Waals surface area contributed by atoms with Crippen LogP contribution in [-0.4, -0.2) is 87.5 Å². The van der Waals surface area contributed by atoms with Crippen molar-refractivity contribution in [3.8, 4) is 0 Å². The minimum Gasteiger partial charge on any atom is -0.394 e. The van der Waals surface area contributed by atoms with E-state index in [-0.39, 0.29) is 12.5 Å². The van der Waals surface area contributed by atoms with Gasteiger partial charge in [-0.2, -0.15) is 0 Å². The molecule has 0 aliphatic carbocycles. The van der Waals surface area contributed by atoms with Gasteiger partial charge in [-0.1, -0.05) is 173 Å². The van der Waals surface area contributed by atoms with Gasteiger partial charge in [0.15, 0.2) is 6.29 Å². The van der Waals surface area contributed by atoms with Crippen LogP contribution >= 0.6 is 0 Å². The van der Waals surface area contributed by atoms with E-state index >= 15 is 0 Å². The minimum atomic E-state index is -1.56. The summed E-state index contributed by atoms with van der Waals surface area (Å²) in [6.45, 7) is 3.55. The zero-order chi connectivity index (χ0) is 38.8. The summed E-state index contributed by atoms with van der Waals surface area (Å²) in [5, 5.41) is 53.3. The predicted molar refractivity (Wildman–Crippen MR) is 217 cm³/mol. The second-order valence-corrected chi connectivity index (χ2v) is 15.5. The van der Waals surface area contributed by atoms with Crippen LogP contribution in [0.1, 0.15) is 194 Å². The number of allylic oxidation sites excluding steroid dienone is 3. The van der Waals surface area contributed by atoms with Crippen molar-refractivity contribution >= 4 is 5.91 Å². The van der Waals surface area contributed by atoms with E-state index in [4.69, 9.17) is 9.47 Å². The fraction of sp³-hybridized carbons (Fsp3) is 0.886. The monoisotopic (exact) mass is 754 g/mol. The van der Waals surface area contributed by atoms with E-state index in [1.807, 2.05) is 13.0 Å². The molecule has 0 aromatic rings. The van der Waals surface area contributed by atoms with Crippen LogP contribution in [0.2, 0.25) is 0 Å². The number of carbonyl (C=O) groups is 1. The van der Waals surface area contributed by atoms with Crippen molar-refractivity contribution in [2.45, 2.75) is 236 Å². The molecule has 7 atom stereocenters. The Balaban J connectivity index is 2.04. The number of nitrogens with one attached hydrogen (secondary N) is 1. The van der Waals surface area contributed by atoms with Gasteiger partial charge in [0.25, 0.3) is 0 Å². The molecule has 0 spiro atoms. The van der Waals surface area contributed by atoms with Crippen molar-refractivity contribution in [2.75, 3.05) is 13.2 Å².